The van der Waals surface area contributed by atoms with Gasteiger partial charge in [0, 0.05) is 26.2 Å². The topological polar surface area (TPSA) is 61.9 Å². The number of ether oxygens (including phenoxy) is 1. The molecule has 0 spiro atoms. The van der Waals surface area contributed by atoms with Crippen LogP contribution in [-0.2, 0) is 16.0 Å². The van der Waals surface area contributed by atoms with Crippen molar-refractivity contribution in [2.24, 2.45) is 0 Å². The van der Waals surface area contributed by atoms with E-state index in [0.29, 0.717) is 19.6 Å². The second kappa shape index (κ2) is 10.8. The van der Waals surface area contributed by atoms with E-state index in [-0.39, 0.29) is 11.7 Å². The van der Waals surface area contributed by atoms with E-state index in [2.05, 4.69) is 21.2 Å². The number of piperazine rings is 1. The van der Waals surface area contributed by atoms with Crippen LogP contribution in [0.4, 0.5) is 5.69 Å². The molecule has 1 aliphatic heterocycles. The monoisotopic (exact) mass is 409 g/mol. The molecule has 1 saturated heterocycles. The third-order valence-electron chi connectivity index (χ3n) is 5.35. The molecule has 1 atom stereocenters. The number of Topliss-reactive ketones (excluding diaryl/α,β-unsaturated/α-hetero) is 1. The fourth-order valence-corrected chi connectivity index (χ4v) is 3.73. The Balaban J connectivity index is 1.50. The quantitative estimate of drug-likeness (QED) is 0.690. The maximum Gasteiger partial charge on any atom is 0.234 e. The third kappa shape index (κ3) is 6.07. The molecule has 160 valence electrons. The van der Waals surface area contributed by atoms with Crippen LogP contribution < -0.4 is 15.0 Å². The van der Waals surface area contributed by atoms with Crippen molar-refractivity contribution >= 4 is 17.4 Å². The molecule has 2 aromatic carbocycles. The van der Waals surface area contributed by atoms with Crippen LogP contribution in [0.5, 0.6) is 5.75 Å². The summed E-state index contributed by atoms with van der Waals surface area (Å²) in [5.74, 6) is 0.773. The molecular weight excluding hydrogens is 378 g/mol. The molecule has 0 bridgehead atoms. The van der Waals surface area contributed by atoms with Crippen molar-refractivity contribution in [1.82, 2.24) is 10.2 Å². The number of rotatable bonds is 9. The molecule has 0 aliphatic carbocycles. The van der Waals surface area contributed by atoms with Crippen LogP contribution in [0.1, 0.15) is 19.4 Å². The minimum Gasteiger partial charge on any atom is -0.492 e. The zero-order chi connectivity index (χ0) is 21.3. The summed E-state index contributed by atoms with van der Waals surface area (Å²) in [6.45, 7) is 7.70. The largest absolute Gasteiger partial charge is 0.492 e. The Labute approximate surface area is 178 Å². The number of amides is 1. The van der Waals surface area contributed by atoms with E-state index in [9.17, 15) is 9.59 Å². The summed E-state index contributed by atoms with van der Waals surface area (Å²) in [5, 5.41) is 2.92. The predicted molar refractivity (Wildman–Crippen MR) is 119 cm³/mol. The lowest BCUT2D eigenvalue weighted by molar-refractivity contribution is -0.127. The molecule has 6 nitrogen and oxygen atoms in total. The maximum absolute atomic E-state index is 12.6. The molecule has 1 aliphatic rings. The Bertz CT molecular complexity index is 833. The third-order valence-corrected chi connectivity index (χ3v) is 5.35. The summed E-state index contributed by atoms with van der Waals surface area (Å²) in [6, 6.07) is 17.4. The SMILES string of the molecule is CCOc1ccccc1N1CCN(CC(=O)N[C@@H](Cc2ccccc2)C(C)=O)CC1. The van der Waals surface area contributed by atoms with E-state index in [1.54, 1.807) is 0 Å². The summed E-state index contributed by atoms with van der Waals surface area (Å²) >= 11 is 0. The first kappa shape index (κ1) is 21.8. The van der Waals surface area contributed by atoms with E-state index >= 15 is 0 Å². The van der Waals surface area contributed by atoms with Gasteiger partial charge in [0.05, 0.1) is 24.9 Å². The molecule has 3 rings (SSSR count). The number of para-hydroxylation sites is 2. The van der Waals surface area contributed by atoms with Crippen molar-refractivity contribution < 1.29 is 14.3 Å². The highest BCUT2D eigenvalue weighted by Gasteiger charge is 2.23. The van der Waals surface area contributed by atoms with Gasteiger partial charge >= 0.3 is 0 Å². The summed E-state index contributed by atoms with van der Waals surface area (Å²) in [5.41, 5.74) is 2.14. The van der Waals surface area contributed by atoms with Gasteiger partial charge in [-0.05, 0) is 38.0 Å². The fourth-order valence-electron chi connectivity index (χ4n) is 3.73. The first-order chi connectivity index (χ1) is 14.6. The Morgan fingerprint density at radius 1 is 1.00 bits per heavy atom. The van der Waals surface area contributed by atoms with Gasteiger partial charge in [0.1, 0.15) is 5.75 Å². The Kier molecular flexibility index (Phi) is 7.85. The fraction of sp³-hybridized carbons (Fsp3) is 0.417. The van der Waals surface area contributed by atoms with Crippen LogP contribution in [0.15, 0.2) is 54.6 Å². The van der Waals surface area contributed by atoms with Crippen LogP contribution in [-0.4, -0.2) is 62.0 Å². The van der Waals surface area contributed by atoms with E-state index in [0.717, 1.165) is 43.2 Å². The van der Waals surface area contributed by atoms with E-state index in [1.165, 1.54) is 6.92 Å². The summed E-state index contributed by atoms with van der Waals surface area (Å²) < 4.78 is 5.75. The number of benzene rings is 2. The van der Waals surface area contributed by atoms with Gasteiger partial charge in [-0.2, -0.15) is 0 Å². The molecule has 2 aromatic rings. The number of hydrogen-bond donors (Lipinski definition) is 1. The second-order valence-corrected chi connectivity index (χ2v) is 7.58. The van der Waals surface area contributed by atoms with E-state index in [4.69, 9.17) is 4.74 Å². The first-order valence-electron chi connectivity index (χ1n) is 10.6. The van der Waals surface area contributed by atoms with Gasteiger partial charge < -0.3 is 15.0 Å². The molecule has 0 unspecified atom stereocenters. The van der Waals surface area contributed by atoms with Gasteiger partial charge in [-0.25, -0.2) is 0 Å². The molecule has 0 radical (unpaired) electrons. The number of ketones is 1. The highest BCUT2D eigenvalue weighted by atomic mass is 16.5. The number of carbonyl (C=O) groups is 2. The number of anilines is 1. The second-order valence-electron chi connectivity index (χ2n) is 7.58. The van der Waals surface area contributed by atoms with Crippen LogP contribution in [0.25, 0.3) is 0 Å². The smallest absolute Gasteiger partial charge is 0.234 e. The molecule has 1 fully saturated rings. The minimum absolute atomic E-state index is 0.0236. The van der Waals surface area contributed by atoms with Gasteiger partial charge in [0.25, 0.3) is 0 Å². The van der Waals surface area contributed by atoms with E-state index in [1.807, 2.05) is 55.5 Å². The zero-order valence-corrected chi connectivity index (χ0v) is 17.8. The minimum atomic E-state index is -0.487. The highest BCUT2D eigenvalue weighted by Crippen LogP contribution is 2.28. The van der Waals surface area contributed by atoms with Crippen molar-refractivity contribution in [1.29, 1.82) is 0 Å². The van der Waals surface area contributed by atoms with Crippen molar-refractivity contribution in [3.8, 4) is 5.75 Å². The highest BCUT2D eigenvalue weighted by molar-refractivity contribution is 5.88. The Morgan fingerprint density at radius 3 is 2.33 bits per heavy atom. The number of nitrogens with zero attached hydrogens (tertiary/aromatic N) is 2. The van der Waals surface area contributed by atoms with Crippen molar-refractivity contribution in [2.45, 2.75) is 26.3 Å². The summed E-state index contributed by atoms with van der Waals surface area (Å²) in [4.78, 5) is 29.0. The van der Waals surface area contributed by atoms with Gasteiger partial charge in [-0.3, -0.25) is 14.5 Å². The van der Waals surface area contributed by atoms with Gasteiger partial charge in [0.15, 0.2) is 5.78 Å². The summed E-state index contributed by atoms with van der Waals surface area (Å²) in [6.07, 6.45) is 0.518. The zero-order valence-electron chi connectivity index (χ0n) is 17.8. The molecule has 0 saturated carbocycles. The van der Waals surface area contributed by atoms with Crippen LogP contribution in [0, 0.1) is 0 Å². The Morgan fingerprint density at radius 2 is 1.67 bits per heavy atom. The van der Waals surface area contributed by atoms with Gasteiger partial charge in [-0.15, -0.1) is 0 Å². The normalized spacial score (nSPS) is 15.5. The molecule has 1 amide bonds. The maximum atomic E-state index is 12.6. The molecule has 6 heteroatoms. The molecule has 0 aromatic heterocycles. The van der Waals surface area contributed by atoms with Gasteiger partial charge in [-0.1, -0.05) is 42.5 Å². The van der Waals surface area contributed by atoms with Crippen molar-refractivity contribution in [3.05, 3.63) is 60.2 Å². The molecule has 1 heterocycles. The lowest BCUT2D eigenvalue weighted by Crippen LogP contribution is -2.51. The van der Waals surface area contributed by atoms with Crippen LogP contribution >= 0.6 is 0 Å². The number of carbonyl (C=O) groups excluding carboxylic acids is 2. The molecule has 1 N–H and O–H groups in total. The van der Waals surface area contributed by atoms with E-state index < -0.39 is 6.04 Å². The average molecular weight is 410 g/mol. The van der Waals surface area contributed by atoms with Crippen LogP contribution in [0.3, 0.4) is 0 Å². The predicted octanol–water partition coefficient (Wildman–Crippen LogP) is 2.52. The standard InChI is InChI=1S/C24H31N3O3/c1-3-30-23-12-8-7-11-22(23)27-15-13-26(14-16-27)18-24(29)25-21(19(2)28)17-20-9-5-4-6-10-20/h4-12,21H,3,13-18H2,1-2H3,(H,25,29)/t21-/m0/s1. The lowest BCUT2D eigenvalue weighted by atomic mass is 10.0. The van der Waals surface area contributed by atoms with Crippen LogP contribution in [0.2, 0.25) is 0 Å². The number of nitrogens with one attached hydrogen (secondary N) is 1. The first-order valence-corrected chi connectivity index (χ1v) is 10.6. The van der Waals surface area contributed by atoms with Gasteiger partial charge in [0.2, 0.25) is 5.91 Å². The molecule has 30 heavy (non-hydrogen) atoms. The Hall–Kier alpha value is -2.86. The lowest BCUT2D eigenvalue weighted by Gasteiger charge is -2.36. The number of hydrogen-bond acceptors (Lipinski definition) is 5. The molecular formula is C24H31N3O3. The van der Waals surface area contributed by atoms with Crippen molar-refractivity contribution in [2.75, 3.05) is 44.2 Å². The van der Waals surface area contributed by atoms with Crippen molar-refractivity contribution in [3.63, 3.8) is 0 Å². The average Bonchev–Trinajstić information content (AvgIpc) is 2.75. The summed E-state index contributed by atoms with van der Waals surface area (Å²) in [7, 11) is 0.